The van der Waals surface area contributed by atoms with Gasteiger partial charge in [-0.1, -0.05) is 0 Å². The third-order valence-electron chi connectivity index (χ3n) is 1.18. The van der Waals surface area contributed by atoms with Crippen molar-refractivity contribution in [2.75, 3.05) is 6.54 Å². The molecule has 0 spiro atoms. The van der Waals surface area contributed by atoms with Crippen molar-refractivity contribution in [1.29, 1.82) is 0 Å². The standard InChI is InChI=1S/C9H19N.Y/c1-5-6-7-8-10-9(2,3)4;/h7,10H,1,5-6,8H2,2-4H3;/q-2;. The Bertz CT molecular complexity index is 76.1. The van der Waals surface area contributed by atoms with E-state index in [2.05, 4.69) is 39.4 Å². The molecule has 0 unspecified atom stereocenters. The minimum Gasteiger partial charge on any atom is -0.346 e. The van der Waals surface area contributed by atoms with Crippen molar-refractivity contribution < 1.29 is 32.7 Å². The van der Waals surface area contributed by atoms with Crippen LogP contribution in [0.1, 0.15) is 33.6 Å². The van der Waals surface area contributed by atoms with Crippen LogP contribution < -0.4 is 5.32 Å². The van der Waals surface area contributed by atoms with E-state index < -0.39 is 0 Å². The minimum absolute atomic E-state index is 0. The molecule has 65 valence electrons. The molecule has 1 nitrogen and oxygen atoms in total. The van der Waals surface area contributed by atoms with Gasteiger partial charge in [-0.3, -0.25) is 0 Å². The molecule has 0 saturated carbocycles. The maximum atomic E-state index is 3.76. The summed E-state index contributed by atoms with van der Waals surface area (Å²) in [5.41, 5.74) is 0.248. The van der Waals surface area contributed by atoms with Gasteiger partial charge in [-0.15, -0.1) is 6.54 Å². The summed E-state index contributed by atoms with van der Waals surface area (Å²) in [5, 5.41) is 3.37. The molecule has 0 rings (SSSR count). The number of hydrogen-bond donors (Lipinski definition) is 1. The maximum absolute atomic E-state index is 3.76. The van der Waals surface area contributed by atoms with Gasteiger partial charge < -0.3 is 18.7 Å². The number of nitrogens with one attached hydrogen (secondary N) is 1. The fraction of sp³-hybridized carbons (Fsp3) is 0.778. The first-order chi connectivity index (χ1) is 4.56. The van der Waals surface area contributed by atoms with Crippen LogP contribution in [0, 0.1) is 13.3 Å². The van der Waals surface area contributed by atoms with Gasteiger partial charge in [0, 0.05) is 38.2 Å². The number of unbranched alkanes of at least 4 members (excludes halogenated alkanes) is 2. The summed E-state index contributed by atoms with van der Waals surface area (Å²) in [6.45, 7) is 11.3. The summed E-state index contributed by atoms with van der Waals surface area (Å²) in [4.78, 5) is 0. The Kier molecular flexibility index (Phi) is 10.2. The normalized spacial score (nSPS) is 10.9. The minimum atomic E-state index is 0. The van der Waals surface area contributed by atoms with E-state index in [1.54, 1.807) is 0 Å². The number of rotatable bonds is 4. The van der Waals surface area contributed by atoms with E-state index in [4.69, 9.17) is 0 Å². The van der Waals surface area contributed by atoms with Crippen molar-refractivity contribution in [2.45, 2.75) is 39.2 Å². The summed E-state index contributed by atoms with van der Waals surface area (Å²) in [5.74, 6) is 0. The van der Waals surface area contributed by atoms with Crippen molar-refractivity contribution in [3.05, 3.63) is 13.3 Å². The SMILES string of the molecule is [CH2-]CC[CH-]CNC(C)(C)C.[Y]. The molecule has 2 heteroatoms. The zero-order valence-corrected chi connectivity index (χ0v) is 10.8. The van der Waals surface area contributed by atoms with Crippen LogP contribution in [0.15, 0.2) is 0 Å². The third-order valence-corrected chi connectivity index (χ3v) is 1.18. The molecule has 0 aromatic carbocycles. The molecule has 11 heavy (non-hydrogen) atoms. The van der Waals surface area contributed by atoms with E-state index in [1.807, 2.05) is 0 Å². The van der Waals surface area contributed by atoms with Gasteiger partial charge in [-0.05, 0) is 20.8 Å². The summed E-state index contributed by atoms with van der Waals surface area (Å²) in [6, 6.07) is 0. The van der Waals surface area contributed by atoms with Crippen LogP contribution in [-0.2, 0) is 32.7 Å². The molecular formula is C9H19NY-2. The summed E-state index contributed by atoms with van der Waals surface area (Å²) < 4.78 is 0. The van der Waals surface area contributed by atoms with E-state index in [0.29, 0.717) is 0 Å². The maximum Gasteiger partial charge on any atom is 0.00696 e. The second-order valence-corrected chi connectivity index (χ2v) is 3.56. The average Bonchev–Trinajstić information content (AvgIpc) is 1.78. The van der Waals surface area contributed by atoms with Crippen LogP contribution in [0.25, 0.3) is 0 Å². The van der Waals surface area contributed by atoms with Gasteiger partial charge in [0.1, 0.15) is 0 Å². The molecule has 0 heterocycles. The fourth-order valence-corrected chi connectivity index (χ4v) is 0.625. The van der Waals surface area contributed by atoms with Gasteiger partial charge in [0.15, 0.2) is 0 Å². The Morgan fingerprint density at radius 1 is 1.36 bits per heavy atom. The monoisotopic (exact) mass is 230 g/mol. The van der Waals surface area contributed by atoms with Crippen LogP contribution in [0.3, 0.4) is 0 Å². The third kappa shape index (κ3) is 14.0. The van der Waals surface area contributed by atoms with Crippen LogP contribution in [0.4, 0.5) is 0 Å². The molecule has 0 atom stereocenters. The van der Waals surface area contributed by atoms with E-state index in [0.717, 1.165) is 19.4 Å². The Morgan fingerprint density at radius 3 is 2.27 bits per heavy atom. The van der Waals surface area contributed by atoms with Gasteiger partial charge in [0.05, 0.1) is 0 Å². The Morgan fingerprint density at radius 2 is 1.91 bits per heavy atom. The number of hydrogen-bond acceptors (Lipinski definition) is 1. The van der Waals surface area contributed by atoms with Crippen molar-refractivity contribution in [3.8, 4) is 0 Å². The molecule has 0 saturated heterocycles. The molecule has 1 N–H and O–H groups in total. The first kappa shape index (κ1) is 14.6. The predicted octanol–water partition coefficient (Wildman–Crippen LogP) is 2.19. The summed E-state index contributed by atoms with van der Waals surface area (Å²) >= 11 is 0. The molecular weight excluding hydrogens is 211 g/mol. The van der Waals surface area contributed by atoms with Crippen LogP contribution >= 0.6 is 0 Å². The Hall–Kier alpha value is 1.06. The van der Waals surface area contributed by atoms with E-state index in [-0.39, 0.29) is 38.2 Å². The van der Waals surface area contributed by atoms with Crippen molar-refractivity contribution in [2.24, 2.45) is 0 Å². The smallest absolute Gasteiger partial charge is 0.00696 e. The van der Waals surface area contributed by atoms with Gasteiger partial charge in [0.2, 0.25) is 0 Å². The van der Waals surface area contributed by atoms with Crippen LogP contribution in [0.5, 0.6) is 0 Å². The Balaban J connectivity index is 0. The van der Waals surface area contributed by atoms with Gasteiger partial charge in [-0.2, -0.15) is 0 Å². The largest absolute Gasteiger partial charge is 0.346 e. The summed E-state index contributed by atoms with van der Waals surface area (Å²) in [6.07, 6.45) is 4.35. The predicted molar refractivity (Wildman–Crippen MR) is 46.6 cm³/mol. The quantitative estimate of drug-likeness (QED) is 0.576. The zero-order chi connectivity index (χ0) is 8.04. The van der Waals surface area contributed by atoms with E-state index in [1.165, 1.54) is 0 Å². The molecule has 0 aromatic heterocycles. The van der Waals surface area contributed by atoms with Crippen molar-refractivity contribution in [1.82, 2.24) is 5.32 Å². The van der Waals surface area contributed by atoms with Gasteiger partial charge in [-0.25, -0.2) is 12.8 Å². The van der Waals surface area contributed by atoms with Crippen molar-refractivity contribution >= 4 is 0 Å². The molecule has 0 aliphatic heterocycles. The average molecular weight is 230 g/mol. The second kappa shape index (κ2) is 7.70. The molecule has 0 amide bonds. The Labute approximate surface area is 96.6 Å². The molecule has 0 aliphatic rings. The molecule has 0 aromatic rings. The van der Waals surface area contributed by atoms with Gasteiger partial charge >= 0.3 is 0 Å². The van der Waals surface area contributed by atoms with E-state index >= 15 is 0 Å². The summed E-state index contributed by atoms with van der Waals surface area (Å²) in [7, 11) is 0. The van der Waals surface area contributed by atoms with Crippen molar-refractivity contribution in [3.63, 3.8) is 0 Å². The zero-order valence-electron chi connectivity index (χ0n) is 7.98. The second-order valence-electron chi connectivity index (χ2n) is 3.56. The van der Waals surface area contributed by atoms with Crippen LogP contribution in [-0.4, -0.2) is 12.1 Å². The van der Waals surface area contributed by atoms with E-state index in [9.17, 15) is 0 Å². The topological polar surface area (TPSA) is 12.0 Å². The molecule has 0 bridgehead atoms. The van der Waals surface area contributed by atoms with Gasteiger partial charge in [0.25, 0.3) is 0 Å². The fourth-order valence-electron chi connectivity index (χ4n) is 0.625. The van der Waals surface area contributed by atoms with Crippen LogP contribution in [0.2, 0.25) is 0 Å². The first-order valence-electron chi connectivity index (χ1n) is 3.92. The molecule has 0 fully saturated rings. The molecule has 0 aliphatic carbocycles. The first-order valence-corrected chi connectivity index (χ1v) is 3.92. The molecule has 1 radical (unpaired) electrons.